The number of carbonyl (C=O) groups excluding carboxylic acids is 2. The van der Waals surface area contributed by atoms with E-state index in [1.807, 2.05) is 30.3 Å². The Labute approximate surface area is 135 Å². The maximum absolute atomic E-state index is 11.7. The van der Waals surface area contributed by atoms with E-state index in [4.69, 9.17) is 4.74 Å². The molecule has 6 nitrogen and oxygen atoms in total. The molecule has 1 amide bonds. The minimum absolute atomic E-state index is 0.0456. The predicted molar refractivity (Wildman–Crippen MR) is 84.8 cm³/mol. The van der Waals surface area contributed by atoms with Crippen molar-refractivity contribution >= 4 is 17.8 Å². The van der Waals surface area contributed by atoms with Crippen molar-refractivity contribution in [2.24, 2.45) is 0 Å². The van der Waals surface area contributed by atoms with Gasteiger partial charge in [-0.25, -0.2) is 4.79 Å². The molecule has 0 aliphatic heterocycles. The van der Waals surface area contributed by atoms with Crippen LogP contribution >= 0.6 is 0 Å². The number of esters is 1. The van der Waals surface area contributed by atoms with Crippen LogP contribution in [0.4, 0.5) is 0 Å². The molecule has 0 radical (unpaired) electrons. The molecule has 1 rings (SSSR count). The van der Waals surface area contributed by atoms with E-state index in [0.717, 1.165) is 12.0 Å². The van der Waals surface area contributed by atoms with Crippen molar-refractivity contribution in [1.29, 1.82) is 0 Å². The van der Waals surface area contributed by atoms with Crippen LogP contribution in [0.1, 0.15) is 38.2 Å². The number of aryl methyl sites for hydroxylation is 1. The molecule has 0 fully saturated rings. The zero-order valence-electron chi connectivity index (χ0n) is 13.3. The lowest BCUT2D eigenvalue weighted by Crippen LogP contribution is -2.40. The Hall–Kier alpha value is -2.37. The summed E-state index contributed by atoms with van der Waals surface area (Å²) in [4.78, 5) is 34.1. The minimum atomic E-state index is -1.07. The molecule has 0 bridgehead atoms. The van der Waals surface area contributed by atoms with E-state index < -0.39 is 23.9 Å². The number of ether oxygens (including phenoxy) is 1. The quantitative estimate of drug-likeness (QED) is 0.642. The van der Waals surface area contributed by atoms with Gasteiger partial charge in [-0.2, -0.15) is 0 Å². The average molecular weight is 321 g/mol. The van der Waals surface area contributed by atoms with Gasteiger partial charge < -0.3 is 15.2 Å². The fraction of sp³-hybridized carbons (Fsp3) is 0.471. The second-order valence-corrected chi connectivity index (χ2v) is 5.14. The van der Waals surface area contributed by atoms with Crippen LogP contribution in [-0.2, 0) is 25.5 Å². The Kier molecular flexibility index (Phi) is 8.42. The maximum atomic E-state index is 11.7. The van der Waals surface area contributed by atoms with Gasteiger partial charge in [-0.3, -0.25) is 9.59 Å². The molecule has 0 saturated carbocycles. The highest BCUT2D eigenvalue weighted by molar-refractivity contribution is 5.85. The van der Waals surface area contributed by atoms with Crippen molar-refractivity contribution in [2.75, 3.05) is 6.61 Å². The second kappa shape index (κ2) is 10.4. The number of aliphatic carboxylic acids is 1. The summed E-state index contributed by atoms with van der Waals surface area (Å²) in [6.07, 6.45) is 1.63. The summed E-state index contributed by atoms with van der Waals surface area (Å²) < 4.78 is 4.72. The van der Waals surface area contributed by atoms with Gasteiger partial charge in [0.2, 0.25) is 5.91 Å². The third-order valence-electron chi connectivity index (χ3n) is 3.30. The number of hydrogen-bond acceptors (Lipinski definition) is 4. The van der Waals surface area contributed by atoms with E-state index in [1.165, 1.54) is 0 Å². The molecule has 1 aromatic carbocycles. The van der Waals surface area contributed by atoms with Gasteiger partial charge in [0, 0.05) is 6.42 Å². The first-order chi connectivity index (χ1) is 11.0. The monoisotopic (exact) mass is 321 g/mol. The summed E-state index contributed by atoms with van der Waals surface area (Å²) in [7, 11) is 0. The molecule has 0 saturated heterocycles. The molecule has 0 aromatic heterocycles. The first kappa shape index (κ1) is 18.7. The van der Waals surface area contributed by atoms with E-state index in [9.17, 15) is 19.5 Å². The largest absolute Gasteiger partial charge is 0.480 e. The molecule has 0 heterocycles. The third kappa shape index (κ3) is 7.99. The summed E-state index contributed by atoms with van der Waals surface area (Å²) in [6, 6.07) is 8.81. The summed E-state index contributed by atoms with van der Waals surface area (Å²) in [5, 5.41) is 11.6. The molecule has 0 aliphatic carbocycles. The topological polar surface area (TPSA) is 92.7 Å². The van der Waals surface area contributed by atoms with Crippen molar-refractivity contribution in [3.63, 3.8) is 0 Å². The molecule has 0 spiro atoms. The van der Waals surface area contributed by atoms with Gasteiger partial charge >= 0.3 is 11.9 Å². The standard InChI is InChI=1S/C17H23NO5/c1-2-23-16(20)12-11-15(19)18-14(17(21)22)10-6-9-13-7-4-3-5-8-13/h3-5,7-8,14H,2,6,9-12H2,1H3,(H,18,19)(H,21,22)/t14-/m1/s1. The molecule has 1 aromatic rings. The minimum Gasteiger partial charge on any atom is -0.480 e. The van der Waals surface area contributed by atoms with E-state index in [1.54, 1.807) is 6.92 Å². The number of benzene rings is 1. The van der Waals surface area contributed by atoms with Crippen molar-refractivity contribution < 1.29 is 24.2 Å². The van der Waals surface area contributed by atoms with E-state index >= 15 is 0 Å². The lowest BCUT2D eigenvalue weighted by Gasteiger charge is -2.14. The predicted octanol–water partition coefficient (Wildman–Crippen LogP) is 1.92. The smallest absolute Gasteiger partial charge is 0.326 e. The fourth-order valence-corrected chi connectivity index (χ4v) is 2.13. The van der Waals surface area contributed by atoms with Gasteiger partial charge in [0.25, 0.3) is 0 Å². The summed E-state index contributed by atoms with van der Waals surface area (Å²) in [5.74, 6) is -1.98. The normalized spacial score (nSPS) is 11.5. The molecule has 23 heavy (non-hydrogen) atoms. The highest BCUT2D eigenvalue weighted by atomic mass is 16.5. The van der Waals surface area contributed by atoms with Crippen LogP contribution in [0.5, 0.6) is 0 Å². The van der Waals surface area contributed by atoms with Crippen LogP contribution in [0.15, 0.2) is 30.3 Å². The molecule has 1 atom stereocenters. The van der Waals surface area contributed by atoms with Crippen molar-refractivity contribution in [3.8, 4) is 0 Å². The number of carbonyl (C=O) groups is 3. The average Bonchev–Trinajstić information content (AvgIpc) is 2.53. The van der Waals surface area contributed by atoms with Gasteiger partial charge in [0.1, 0.15) is 6.04 Å². The zero-order chi connectivity index (χ0) is 17.1. The van der Waals surface area contributed by atoms with Gasteiger partial charge in [0.05, 0.1) is 13.0 Å². The summed E-state index contributed by atoms with van der Waals surface area (Å²) >= 11 is 0. The van der Waals surface area contributed by atoms with Crippen LogP contribution in [-0.4, -0.2) is 35.6 Å². The van der Waals surface area contributed by atoms with Crippen LogP contribution in [0, 0.1) is 0 Å². The van der Waals surface area contributed by atoms with Crippen LogP contribution in [0.2, 0.25) is 0 Å². The number of amides is 1. The first-order valence-corrected chi connectivity index (χ1v) is 7.74. The van der Waals surface area contributed by atoms with Crippen LogP contribution in [0.3, 0.4) is 0 Å². The van der Waals surface area contributed by atoms with Gasteiger partial charge in [-0.05, 0) is 31.7 Å². The summed E-state index contributed by atoms with van der Waals surface area (Å²) in [5.41, 5.74) is 1.13. The molecular formula is C17H23NO5. The Morgan fingerprint density at radius 1 is 1.17 bits per heavy atom. The molecular weight excluding hydrogens is 298 g/mol. The Morgan fingerprint density at radius 2 is 1.87 bits per heavy atom. The Bertz CT molecular complexity index is 515. The lowest BCUT2D eigenvalue weighted by molar-refractivity contribution is -0.145. The van der Waals surface area contributed by atoms with E-state index in [0.29, 0.717) is 12.8 Å². The highest BCUT2D eigenvalue weighted by Gasteiger charge is 2.19. The van der Waals surface area contributed by atoms with Gasteiger partial charge in [-0.15, -0.1) is 0 Å². The van der Waals surface area contributed by atoms with Crippen molar-refractivity contribution in [1.82, 2.24) is 5.32 Å². The lowest BCUT2D eigenvalue weighted by atomic mass is 10.0. The maximum Gasteiger partial charge on any atom is 0.326 e. The van der Waals surface area contributed by atoms with Crippen LogP contribution < -0.4 is 5.32 Å². The first-order valence-electron chi connectivity index (χ1n) is 7.74. The van der Waals surface area contributed by atoms with Crippen molar-refractivity contribution in [2.45, 2.75) is 45.1 Å². The van der Waals surface area contributed by atoms with Gasteiger partial charge in [-0.1, -0.05) is 30.3 Å². The summed E-state index contributed by atoms with van der Waals surface area (Å²) in [6.45, 7) is 1.95. The molecule has 2 N–H and O–H groups in total. The molecule has 126 valence electrons. The number of nitrogens with one attached hydrogen (secondary N) is 1. The Balaban J connectivity index is 2.35. The zero-order valence-corrected chi connectivity index (χ0v) is 13.3. The number of carboxylic acids is 1. The fourth-order valence-electron chi connectivity index (χ4n) is 2.13. The molecule has 0 unspecified atom stereocenters. The van der Waals surface area contributed by atoms with Crippen LogP contribution in [0.25, 0.3) is 0 Å². The highest BCUT2D eigenvalue weighted by Crippen LogP contribution is 2.07. The Morgan fingerprint density at radius 3 is 2.48 bits per heavy atom. The SMILES string of the molecule is CCOC(=O)CCC(=O)N[C@H](CCCc1ccccc1)C(=O)O. The second-order valence-electron chi connectivity index (χ2n) is 5.14. The van der Waals surface area contributed by atoms with E-state index in [-0.39, 0.29) is 19.4 Å². The molecule has 6 heteroatoms. The number of rotatable bonds is 10. The van der Waals surface area contributed by atoms with Gasteiger partial charge in [0.15, 0.2) is 0 Å². The molecule has 0 aliphatic rings. The third-order valence-corrected chi connectivity index (χ3v) is 3.30. The van der Waals surface area contributed by atoms with E-state index in [2.05, 4.69) is 5.32 Å². The number of carboxylic acid groups (broad SMARTS) is 1. The van der Waals surface area contributed by atoms with Crippen molar-refractivity contribution in [3.05, 3.63) is 35.9 Å². The number of hydrogen-bond donors (Lipinski definition) is 2.